The molecule has 1 N–H and O–H groups in total. The molecule has 8 heteroatoms. The second-order valence-corrected chi connectivity index (χ2v) is 8.24. The van der Waals surface area contributed by atoms with Crippen LogP contribution in [0.1, 0.15) is 62.0 Å². The van der Waals surface area contributed by atoms with Crippen molar-refractivity contribution in [2.45, 2.75) is 26.4 Å². The Morgan fingerprint density at radius 2 is 1.42 bits per heavy atom. The number of rotatable bonds is 9. The molecule has 0 bridgehead atoms. The summed E-state index contributed by atoms with van der Waals surface area (Å²) >= 11 is 0. The lowest BCUT2D eigenvalue weighted by molar-refractivity contribution is 0.0599. The van der Waals surface area contributed by atoms with Crippen molar-refractivity contribution in [3.8, 4) is 11.5 Å². The van der Waals surface area contributed by atoms with Crippen LogP contribution in [0, 0.1) is 0 Å². The molecule has 0 unspecified atom stereocenters. The van der Waals surface area contributed by atoms with E-state index in [-0.39, 0.29) is 29.3 Å². The topological polar surface area (TPSA) is 100 Å². The van der Waals surface area contributed by atoms with E-state index in [0.29, 0.717) is 16.9 Å². The molecule has 0 aliphatic heterocycles. The van der Waals surface area contributed by atoms with Crippen LogP contribution in [-0.4, -0.2) is 39.2 Å². The maximum atomic E-state index is 13.1. The third-order valence-corrected chi connectivity index (χ3v) is 5.50. The van der Waals surface area contributed by atoms with Crippen LogP contribution in [0.3, 0.4) is 0 Å². The van der Waals surface area contributed by atoms with Gasteiger partial charge in [-0.2, -0.15) is 0 Å². The van der Waals surface area contributed by atoms with Crippen molar-refractivity contribution in [2.24, 2.45) is 0 Å². The Bertz CT molecular complexity index is 1230. The Morgan fingerprint density at radius 3 is 2.00 bits per heavy atom. The van der Waals surface area contributed by atoms with Gasteiger partial charge >= 0.3 is 11.9 Å². The average molecular weight is 492 g/mol. The monoisotopic (exact) mass is 491 g/mol. The number of hydrogen-bond acceptors (Lipinski definition) is 7. The summed E-state index contributed by atoms with van der Waals surface area (Å²) in [5.41, 5.74) is 2.55. The van der Waals surface area contributed by atoms with Crippen LogP contribution in [0.5, 0.6) is 11.5 Å². The summed E-state index contributed by atoms with van der Waals surface area (Å²) in [6.45, 7) is 4.38. The van der Waals surface area contributed by atoms with Gasteiger partial charge in [0.1, 0.15) is 18.1 Å². The molecule has 3 rings (SSSR count). The van der Waals surface area contributed by atoms with E-state index in [1.54, 1.807) is 25.3 Å². The van der Waals surface area contributed by atoms with Crippen molar-refractivity contribution in [1.82, 2.24) is 0 Å². The fourth-order valence-corrected chi connectivity index (χ4v) is 3.65. The number of methoxy groups -OCH3 is 3. The van der Waals surface area contributed by atoms with Gasteiger partial charge in [0.15, 0.2) is 0 Å². The molecule has 8 nitrogen and oxygen atoms in total. The minimum absolute atomic E-state index is 0.100. The van der Waals surface area contributed by atoms with Crippen molar-refractivity contribution in [3.63, 3.8) is 0 Å². The Labute approximate surface area is 210 Å². The van der Waals surface area contributed by atoms with Crippen molar-refractivity contribution >= 4 is 23.5 Å². The Hall–Kier alpha value is -4.33. The highest BCUT2D eigenvalue weighted by atomic mass is 16.5. The van der Waals surface area contributed by atoms with E-state index in [4.69, 9.17) is 18.9 Å². The van der Waals surface area contributed by atoms with Crippen LogP contribution in [0.25, 0.3) is 0 Å². The molecule has 0 radical (unpaired) electrons. The molecule has 0 aliphatic carbocycles. The molecular weight excluding hydrogens is 462 g/mol. The normalized spacial score (nSPS) is 10.5. The van der Waals surface area contributed by atoms with Gasteiger partial charge in [-0.15, -0.1) is 0 Å². The number of amides is 1. The van der Waals surface area contributed by atoms with Crippen molar-refractivity contribution in [2.75, 3.05) is 26.6 Å². The number of benzene rings is 3. The van der Waals surface area contributed by atoms with E-state index in [1.165, 1.54) is 32.4 Å². The van der Waals surface area contributed by atoms with Crippen LogP contribution in [0.15, 0.2) is 60.7 Å². The van der Waals surface area contributed by atoms with Gasteiger partial charge in [0, 0.05) is 16.8 Å². The van der Waals surface area contributed by atoms with E-state index in [0.717, 1.165) is 11.3 Å². The molecule has 0 atom stereocenters. The minimum atomic E-state index is -0.651. The summed E-state index contributed by atoms with van der Waals surface area (Å²) in [6, 6.07) is 17.0. The molecule has 3 aromatic carbocycles. The molecule has 0 aromatic heterocycles. The number of carbonyl (C=O) groups is 3. The number of nitrogens with one attached hydrogen (secondary N) is 1. The number of carbonyl (C=O) groups excluding carboxylic acids is 3. The van der Waals surface area contributed by atoms with E-state index < -0.39 is 17.8 Å². The van der Waals surface area contributed by atoms with E-state index >= 15 is 0 Å². The van der Waals surface area contributed by atoms with Gasteiger partial charge in [-0.3, -0.25) is 4.79 Å². The molecule has 36 heavy (non-hydrogen) atoms. The summed E-state index contributed by atoms with van der Waals surface area (Å²) in [7, 11) is 4.01. The number of anilines is 1. The number of esters is 2. The van der Waals surface area contributed by atoms with Crippen LogP contribution in [0.4, 0.5) is 5.69 Å². The van der Waals surface area contributed by atoms with E-state index in [9.17, 15) is 14.4 Å². The highest BCUT2D eigenvalue weighted by Gasteiger charge is 2.17. The lowest BCUT2D eigenvalue weighted by Gasteiger charge is -2.16. The van der Waals surface area contributed by atoms with Gasteiger partial charge in [-0.05, 0) is 53.9 Å². The molecule has 0 saturated carbocycles. The average Bonchev–Trinajstić information content (AvgIpc) is 2.90. The maximum absolute atomic E-state index is 13.1. The van der Waals surface area contributed by atoms with Crippen molar-refractivity contribution in [1.29, 1.82) is 0 Å². The molecule has 0 spiro atoms. The predicted octanol–water partition coefficient (Wildman–Crippen LogP) is 5.22. The quantitative estimate of drug-likeness (QED) is 0.410. The number of hydrogen-bond donors (Lipinski definition) is 1. The highest BCUT2D eigenvalue weighted by molar-refractivity contribution is 6.06. The predicted molar refractivity (Wildman–Crippen MR) is 135 cm³/mol. The lowest BCUT2D eigenvalue weighted by Crippen LogP contribution is -2.15. The first-order valence-corrected chi connectivity index (χ1v) is 11.3. The first kappa shape index (κ1) is 26.3. The SMILES string of the molecule is COC(=O)c1cc(NC(=O)c2ccc(OC)c(COc3ccccc3C(C)C)c2)cc(C(=O)OC)c1. The van der Waals surface area contributed by atoms with Crippen molar-refractivity contribution < 1.29 is 33.3 Å². The number of ether oxygens (including phenoxy) is 4. The Morgan fingerprint density at radius 1 is 0.778 bits per heavy atom. The first-order valence-electron chi connectivity index (χ1n) is 11.3. The zero-order chi connectivity index (χ0) is 26.2. The summed E-state index contributed by atoms with van der Waals surface area (Å²) in [5, 5.41) is 2.72. The van der Waals surface area contributed by atoms with Gasteiger partial charge in [-0.25, -0.2) is 9.59 Å². The van der Waals surface area contributed by atoms with Crippen LogP contribution < -0.4 is 14.8 Å². The second kappa shape index (κ2) is 11.9. The van der Waals surface area contributed by atoms with Crippen LogP contribution in [0.2, 0.25) is 0 Å². The standard InChI is InChI=1S/C28H29NO7/c1-17(2)23-8-6-7-9-25(23)36-16-21-12-18(10-11-24(21)33-3)26(30)29-22-14-19(27(31)34-4)13-20(15-22)28(32)35-5/h6-15,17H,16H2,1-5H3,(H,29,30). The molecule has 1 amide bonds. The summed E-state index contributed by atoms with van der Waals surface area (Å²) in [4.78, 5) is 37.1. The van der Waals surface area contributed by atoms with Gasteiger partial charge in [-0.1, -0.05) is 32.0 Å². The number of para-hydroxylation sites is 1. The molecule has 0 fully saturated rings. The highest BCUT2D eigenvalue weighted by Crippen LogP contribution is 2.28. The summed E-state index contributed by atoms with van der Waals surface area (Å²) < 4.78 is 21.0. The zero-order valence-electron chi connectivity index (χ0n) is 20.9. The summed E-state index contributed by atoms with van der Waals surface area (Å²) in [5.74, 6) is -0.118. The largest absolute Gasteiger partial charge is 0.496 e. The molecule has 3 aromatic rings. The van der Waals surface area contributed by atoms with E-state index in [2.05, 4.69) is 19.2 Å². The lowest BCUT2D eigenvalue weighted by atomic mass is 10.0. The smallest absolute Gasteiger partial charge is 0.337 e. The first-order chi connectivity index (χ1) is 17.3. The molecular formula is C28H29NO7. The minimum Gasteiger partial charge on any atom is -0.496 e. The van der Waals surface area contributed by atoms with Gasteiger partial charge in [0.25, 0.3) is 5.91 Å². The molecule has 188 valence electrons. The Balaban J connectivity index is 1.86. The van der Waals surface area contributed by atoms with Gasteiger partial charge in [0.05, 0.1) is 32.5 Å². The summed E-state index contributed by atoms with van der Waals surface area (Å²) in [6.07, 6.45) is 0. The Kier molecular flexibility index (Phi) is 8.67. The third kappa shape index (κ3) is 6.21. The van der Waals surface area contributed by atoms with Crippen LogP contribution in [-0.2, 0) is 16.1 Å². The molecule has 0 heterocycles. The fourth-order valence-electron chi connectivity index (χ4n) is 3.65. The molecule has 0 aliphatic rings. The molecule has 0 saturated heterocycles. The zero-order valence-corrected chi connectivity index (χ0v) is 20.9. The maximum Gasteiger partial charge on any atom is 0.337 e. The third-order valence-electron chi connectivity index (χ3n) is 5.50. The van der Waals surface area contributed by atoms with E-state index in [1.807, 2.05) is 24.3 Å². The van der Waals surface area contributed by atoms with Gasteiger partial charge < -0.3 is 24.3 Å². The fraction of sp³-hybridized carbons (Fsp3) is 0.250. The second-order valence-electron chi connectivity index (χ2n) is 8.24. The van der Waals surface area contributed by atoms with Crippen molar-refractivity contribution in [3.05, 3.63) is 88.5 Å². The van der Waals surface area contributed by atoms with Gasteiger partial charge in [0.2, 0.25) is 0 Å². The van der Waals surface area contributed by atoms with Crippen LogP contribution >= 0.6 is 0 Å².